The van der Waals surface area contributed by atoms with Crippen LogP contribution in [0.3, 0.4) is 0 Å². The minimum Gasteiger partial charge on any atom is -0.310 e. The molecular formula is C67H62N2S3. The summed E-state index contributed by atoms with van der Waals surface area (Å²) in [7, 11) is 0.979. The molecule has 1 heterocycles. The van der Waals surface area contributed by atoms with Crippen molar-refractivity contribution in [2.24, 2.45) is 0 Å². The van der Waals surface area contributed by atoms with Crippen molar-refractivity contribution in [1.29, 1.82) is 0 Å². The van der Waals surface area contributed by atoms with Gasteiger partial charge in [0.1, 0.15) is 0 Å². The number of aryl methyl sites for hydroxylation is 1. The molecule has 1 spiro atoms. The van der Waals surface area contributed by atoms with Crippen LogP contribution in [0.4, 0.5) is 34.1 Å². The molecule has 2 nitrogen and oxygen atoms in total. The number of hydrogen-bond donors (Lipinski definition) is 0. The van der Waals surface area contributed by atoms with Gasteiger partial charge in [0.15, 0.2) is 0 Å². The first-order valence-electron chi connectivity index (χ1n) is 25.2. The molecule has 1 aromatic heterocycles. The summed E-state index contributed by atoms with van der Waals surface area (Å²) in [6.07, 6.45) is 7.03. The summed E-state index contributed by atoms with van der Waals surface area (Å²) >= 11 is 1.94. The number of nitrogens with zero attached hydrogens (tertiary/aromatic N) is 2. The van der Waals surface area contributed by atoms with Gasteiger partial charge >= 0.3 is 0 Å². The minimum atomic E-state index is -0.990. The van der Waals surface area contributed by atoms with Crippen molar-refractivity contribution >= 4 is 85.5 Å². The summed E-state index contributed by atoms with van der Waals surface area (Å²) < 4.78 is 2.62. The third-order valence-corrected chi connectivity index (χ3v) is 22.0. The van der Waals surface area contributed by atoms with E-state index in [1.807, 2.05) is 22.1 Å². The average molecular weight is 991 g/mol. The van der Waals surface area contributed by atoms with Crippen LogP contribution in [0.1, 0.15) is 80.5 Å². The van der Waals surface area contributed by atoms with Gasteiger partial charge in [0.05, 0.1) is 11.1 Å². The Bertz CT molecular complexity index is 3670. The van der Waals surface area contributed by atoms with Crippen LogP contribution >= 0.6 is 31.2 Å². The van der Waals surface area contributed by atoms with Crippen LogP contribution in [0.2, 0.25) is 0 Å². The van der Waals surface area contributed by atoms with E-state index in [-0.39, 0.29) is 10.8 Å². The first-order valence-corrected chi connectivity index (χ1v) is 30.2. The van der Waals surface area contributed by atoms with Crippen LogP contribution in [0, 0.1) is 6.92 Å². The van der Waals surface area contributed by atoms with E-state index in [1.54, 1.807) is 0 Å². The van der Waals surface area contributed by atoms with Gasteiger partial charge in [0.2, 0.25) is 0 Å². The highest BCUT2D eigenvalue weighted by molar-refractivity contribution is 8.93. The van der Waals surface area contributed by atoms with E-state index in [0.29, 0.717) is 0 Å². The molecule has 5 heteroatoms. The van der Waals surface area contributed by atoms with Gasteiger partial charge in [-0.3, -0.25) is 0 Å². The smallest absolute Gasteiger partial charge is 0.0727 e. The first kappa shape index (κ1) is 46.6. The lowest BCUT2D eigenvalue weighted by Crippen LogP contribution is -2.26. The van der Waals surface area contributed by atoms with E-state index in [4.69, 9.17) is 0 Å². The number of fused-ring (bicyclic) bond motifs is 14. The Morgan fingerprint density at radius 2 is 0.958 bits per heavy atom. The van der Waals surface area contributed by atoms with E-state index in [2.05, 4.69) is 271 Å². The molecule has 0 aliphatic heterocycles. The summed E-state index contributed by atoms with van der Waals surface area (Å²) in [6.45, 7) is 16.0. The molecule has 10 aromatic rings. The zero-order valence-corrected chi connectivity index (χ0v) is 45.5. The highest BCUT2D eigenvalue weighted by Gasteiger charge is 2.53. The van der Waals surface area contributed by atoms with E-state index in [9.17, 15) is 0 Å². The van der Waals surface area contributed by atoms with Gasteiger partial charge in [0.25, 0.3) is 0 Å². The first-order chi connectivity index (χ1) is 34.6. The van der Waals surface area contributed by atoms with E-state index >= 15 is 0 Å². The molecular weight excluding hydrogens is 929 g/mol. The molecule has 0 saturated heterocycles. The van der Waals surface area contributed by atoms with Crippen molar-refractivity contribution in [3.05, 3.63) is 233 Å². The van der Waals surface area contributed by atoms with Crippen molar-refractivity contribution in [1.82, 2.24) is 0 Å². The normalized spacial score (nSPS) is 13.8. The number of hydrogen-bond acceptors (Lipinski definition) is 4. The second-order valence-corrected chi connectivity index (χ2v) is 30.0. The quantitative estimate of drug-likeness (QED) is 0.140. The Kier molecular flexibility index (Phi) is 11.0. The van der Waals surface area contributed by atoms with Gasteiger partial charge in [0, 0.05) is 54.2 Å². The predicted octanol–water partition coefficient (Wildman–Crippen LogP) is 19.9. The average Bonchev–Trinajstić information content (AvgIpc) is 4.01. The van der Waals surface area contributed by atoms with Crippen LogP contribution in [0.5, 0.6) is 0 Å². The molecule has 72 heavy (non-hydrogen) atoms. The van der Waals surface area contributed by atoms with Crippen LogP contribution < -0.4 is 9.80 Å². The third-order valence-electron chi connectivity index (χ3n) is 15.5. The molecule has 0 unspecified atom stereocenters. The predicted molar refractivity (Wildman–Crippen MR) is 318 cm³/mol. The summed E-state index contributed by atoms with van der Waals surface area (Å²) in [5.41, 5.74) is 20.8. The number of benzene rings is 9. The van der Waals surface area contributed by atoms with E-state index in [1.165, 1.54) is 92.0 Å². The van der Waals surface area contributed by atoms with Gasteiger partial charge < -0.3 is 9.80 Å². The van der Waals surface area contributed by atoms with E-state index in [0.717, 1.165) is 28.4 Å². The molecule has 0 radical (unpaired) electrons. The molecule has 0 fully saturated rings. The summed E-state index contributed by atoms with van der Waals surface area (Å²) in [5.74, 6) is 0. The molecule has 12 rings (SSSR count). The maximum atomic E-state index is 2.60. The Balaban J connectivity index is 1.18. The third kappa shape index (κ3) is 7.29. The van der Waals surface area contributed by atoms with Crippen molar-refractivity contribution in [2.75, 3.05) is 28.6 Å². The van der Waals surface area contributed by atoms with Crippen LogP contribution in [0.15, 0.2) is 199 Å². The maximum Gasteiger partial charge on any atom is 0.0727 e. The second-order valence-electron chi connectivity index (χ2n) is 22.2. The molecule has 0 saturated carbocycles. The molecule has 358 valence electrons. The maximum absolute atomic E-state index is 2.60. The lowest BCUT2D eigenvalue weighted by atomic mass is 9.70. The standard InChI is InChI=1S/C67H62N2S3/c1-43-23-29-48(30-24-43)69(49-33-27-45(28-34-49)66(5,6)7)60-42-59-62(64-63(60)55-19-13-16-22-61(55)71-64)54-40-37-50(41-58(54)67(59)56-20-14-11-17-52(56)53-18-12-15-21-57(53)67)68(46-31-25-44(26-32-46)65(2,3)4)47-35-38-51(39-36-47)72(9,10)70-8/h11-42H,1-10H3. The minimum absolute atomic E-state index is 0.0266. The van der Waals surface area contributed by atoms with Crippen LogP contribution in [-0.2, 0) is 16.2 Å². The monoisotopic (exact) mass is 990 g/mol. The molecule has 2 aliphatic rings. The Labute approximate surface area is 436 Å². The lowest BCUT2D eigenvalue weighted by Gasteiger charge is -2.34. The lowest BCUT2D eigenvalue weighted by molar-refractivity contribution is 0.590. The fraction of sp³-hybridized carbons (Fsp3) is 0.194. The summed E-state index contributed by atoms with van der Waals surface area (Å²) in [6, 6.07) is 74.7. The van der Waals surface area contributed by atoms with E-state index < -0.39 is 14.5 Å². The molecule has 0 atom stereocenters. The number of anilines is 6. The van der Waals surface area contributed by atoms with Crippen LogP contribution in [0.25, 0.3) is 42.4 Å². The van der Waals surface area contributed by atoms with Crippen molar-refractivity contribution in [2.45, 2.75) is 69.6 Å². The highest BCUT2D eigenvalue weighted by atomic mass is 33.2. The number of thiophene rings is 1. The highest BCUT2D eigenvalue weighted by Crippen LogP contribution is 2.67. The van der Waals surface area contributed by atoms with Gasteiger partial charge in [-0.15, -0.1) is 22.1 Å². The molecule has 9 aromatic carbocycles. The fourth-order valence-corrected chi connectivity index (χ4v) is 14.8. The van der Waals surface area contributed by atoms with Crippen molar-refractivity contribution < 1.29 is 0 Å². The van der Waals surface area contributed by atoms with Crippen LogP contribution in [-0.4, -0.2) is 18.8 Å². The second kappa shape index (κ2) is 17.1. The van der Waals surface area contributed by atoms with Gasteiger partial charge in [-0.1, -0.05) is 156 Å². The van der Waals surface area contributed by atoms with Gasteiger partial charge in [-0.2, -0.15) is 9.06 Å². The van der Waals surface area contributed by atoms with Crippen molar-refractivity contribution in [3.8, 4) is 22.3 Å². The summed E-state index contributed by atoms with van der Waals surface area (Å²) in [5, 5.41) is 2.57. The molecule has 0 amide bonds. The Hall–Kier alpha value is -6.50. The topological polar surface area (TPSA) is 6.48 Å². The molecule has 0 N–H and O–H groups in total. The summed E-state index contributed by atoms with van der Waals surface area (Å²) in [4.78, 5) is 6.43. The van der Waals surface area contributed by atoms with Gasteiger partial charge in [-0.05, 0) is 176 Å². The largest absolute Gasteiger partial charge is 0.310 e. The Morgan fingerprint density at radius 3 is 1.51 bits per heavy atom. The van der Waals surface area contributed by atoms with Gasteiger partial charge in [-0.25, -0.2) is 0 Å². The zero-order chi connectivity index (χ0) is 49.9. The van der Waals surface area contributed by atoms with Crippen molar-refractivity contribution in [3.63, 3.8) is 0 Å². The fourth-order valence-electron chi connectivity index (χ4n) is 11.6. The zero-order valence-electron chi connectivity index (χ0n) is 43.1. The molecule has 2 aliphatic carbocycles. The number of rotatable bonds is 8. The SMILES string of the molecule is CSS(C)(C)c1ccc(N(c2ccc(C(C)(C)C)cc2)c2ccc3c(c2)C2(c4ccccc4-c4ccccc42)c2cc(N(c4ccc(C)cc4)c4ccc(C(C)(C)C)cc4)c4c(sc5ccccc54)c2-3)cc1. The molecule has 0 bridgehead atoms. The Morgan fingerprint density at radius 1 is 0.472 bits per heavy atom.